The molecule has 162 valence electrons. The molecule has 0 aliphatic rings. The van der Waals surface area contributed by atoms with Crippen LogP contribution in [0.5, 0.6) is 0 Å². The molecule has 0 radical (unpaired) electrons. The second-order valence-corrected chi connectivity index (χ2v) is 8.48. The average Bonchev–Trinajstić information content (AvgIpc) is 3.18. The molecule has 4 aromatic rings. The van der Waals surface area contributed by atoms with Crippen LogP contribution in [0.25, 0.3) is 11.4 Å². The van der Waals surface area contributed by atoms with E-state index in [1.165, 1.54) is 17.8 Å². The third-order valence-corrected chi connectivity index (χ3v) is 6.20. The van der Waals surface area contributed by atoms with E-state index in [0.717, 1.165) is 11.1 Å². The van der Waals surface area contributed by atoms with E-state index in [2.05, 4.69) is 15.5 Å². The second kappa shape index (κ2) is 9.97. The molecule has 0 saturated heterocycles. The number of benzene rings is 3. The number of thioether (sulfide) groups is 1. The van der Waals surface area contributed by atoms with Crippen LogP contribution < -0.4 is 5.32 Å². The highest BCUT2D eigenvalue weighted by molar-refractivity contribution is 7.99. The summed E-state index contributed by atoms with van der Waals surface area (Å²) in [6.07, 6.45) is 0. The van der Waals surface area contributed by atoms with Crippen LogP contribution in [0.1, 0.15) is 17.2 Å². The largest absolute Gasteiger partial charge is 0.344 e. The summed E-state index contributed by atoms with van der Waals surface area (Å²) < 4.78 is 15.8. The van der Waals surface area contributed by atoms with Gasteiger partial charge in [-0.05, 0) is 35.4 Å². The Labute approximate surface area is 194 Å². The van der Waals surface area contributed by atoms with Gasteiger partial charge < -0.3 is 9.88 Å². The van der Waals surface area contributed by atoms with Gasteiger partial charge in [0.1, 0.15) is 5.82 Å². The lowest BCUT2D eigenvalue weighted by atomic mass is 9.99. The fourth-order valence-electron chi connectivity index (χ4n) is 3.31. The molecule has 0 aliphatic carbocycles. The first-order valence-electron chi connectivity index (χ1n) is 9.90. The molecule has 1 heterocycles. The zero-order valence-electron chi connectivity index (χ0n) is 17.2. The van der Waals surface area contributed by atoms with Crippen molar-refractivity contribution in [2.75, 3.05) is 5.75 Å². The third kappa shape index (κ3) is 5.00. The van der Waals surface area contributed by atoms with Crippen molar-refractivity contribution in [3.05, 3.63) is 101 Å². The summed E-state index contributed by atoms with van der Waals surface area (Å²) in [6.45, 7) is 0. The van der Waals surface area contributed by atoms with Crippen molar-refractivity contribution in [3.8, 4) is 11.4 Å². The molecule has 32 heavy (non-hydrogen) atoms. The summed E-state index contributed by atoms with van der Waals surface area (Å²) in [5.41, 5.74) is 2.26. The molecule has 0 fully saturated rings. The van der Waals surface area contributed by atoms with Crippen LogP contribution in [0, 0.1) is 5.82 Å². The van der Waals surface area contributed by atoms with Gasteiger partial charge in [-0.3, -0.25) is 4.79 Å². The Hall–Kier alpha value is -3.16. The molecule has 1 amide bonds. The number of aromatic nitrogens is 3. The number of nitrogens with zero attached hydrogens (tertiary/aromatic N) is 3. The van der Waals surface area contributed by atoms with Gasteiger partial charge in [0.2, 0.25) is 5.91 Å². The van der Waals surface area contributed by atoms with Crippen LogP contribution in [-0.4, -0.2) is 26.4 Å². The number of nitrogens with one attached hydrogen (secondary N) is 1. The molecule has 4 rings (SSSR count). The zero-order chi connectivity index (χ0) is 22.5. The maximum atomic E-state index is 14.1. The highest BCUT2D eigenvalue weighted by atomic mass is 35.5. The predicted molar refractivity (Wildman–Crippen MR) is 125 cm³/mol. The van der Waals surface area contributed by atoms with Gasteiger partial charge in [-0.15, -0.1) is 10.2 Å². The van der Waals surface area contributed by atoms with E-state index in [-0.39, 0.29) is 23.5 Å². The molecular weight excluding hydrogens is 447 g/mol. The van der Waals surface area contributed by atoms with Gasteiger partial charge in [0.25, 0.3) is 0 Å². The fourth-order valence-corrected chi connectivity index (χ4v) is 4.16. The van der Waals surface area contributed by atoms with E-state index in [9.17, 15) is 9.18 Å². The standard InChI is InChI=1S/C24H20ClFN4OS/c1-30-23(19-9-5-6-10-20(19)26)28-29-24(30)32-15-21(31)27-22(16-7-3-2-4-8-16)17-11-13-18(25)14-12-17/h2-14,22H,15H2,1H3,(H,27,31). The second-order valence-electron chi connectivity index (χ2n) is 7.10. The Balaban J connectivity index is 1.48. The van der Waals surface area contributed by atoms with E-state index >= 15 is 0 Å². The molecule has 1 aromatic heterocycles. The summed E-state index contributed by atoms with van der Waals surface area (Å²) in [5.74, 6) is 0.0229. The summed E-state index contributed by atoms with van der Waals surface area (Å²) in [4.78, 5) is 12.8. The van der Waals surface area contributed by atoms with Crippen LogP contribution in [0.4, 0.5) is 4.39 Å². The first-order chi connectivity index (χ1) is 15.5. The van der Waals surface area contributed by atoms with Crippen molar-refractivity contribution >= 4 is 29.3 Å². The van der Waals surface area contributed by atoms with Crippen LogP contribution in [-0.2, 0) is 11.8 Å². The molecule has 0 aliphatic heterocycles. The minimum Gasteiger partial charge on any atom is -0.344 e. The highest BCUT2D eigenvalue weighted by Crippen LogP contribution is 2.26. The third-order valence-electron chi connectivity index (χ3n) is 4.92. The van der Waals surface area contributed by atoms with Crippen LogP contribution in [0.3, 0.4) is 0 Å². The van der Waals surface area contributed by atoms with Gasteiger partial charge in [0, 0.05) is 12.1 Å². The number of hydrogen-bond donors (Lipinski definition) is 1. The Morgan fingerprint density at radius 1 is 1.00 bits per heavy atom. The minimum absolute atomic E-state index is 0.139. The van der Waals surface area contributed by atoms with Gasteiger partial charge in [0.15, 0.2) is 11.0 Å². The average molecular weight is 467 g/mol. The first kappa shape index (κ1) is 22.0. The van der Waals surface area contributed by atoms with Crippen molar-refractivity contribution in [2.45, 2.75) is 11.2 Å². The lowest BCUT2D eigenvalue weighted by Gasteiger charge is -2.20. The van der Waals surface area contributed by atoms with E-state index in [1.54, 1.807) is 41.9 Å². The summed E-state index contributed by atoms with van der Waals surface area (Å²) >= 11 is 7.27. The Kier molecular flexibility index (Phi) is 6.87. The molecule has 1 N–H and O–H groups in total. The fraction of sp³-hybridized carbons (Fsp3) is 0.125. The summed E-state index contributed by atoms with van der Waals surface area (Å²) in [7, 11) is 1.75. The normalized spacial score (nSPS) is 11.8. The topological polar surface area (TPSA) is 59.8 Å². The van der Waals surface area contributed by atoms with Crippen molar-refractivity contribution in [3.63, 3.8) is 0 Å². The number of rotatable bonds is 7. The van der Waals surface area contributed by atoms with Gasteiger partial charge in [-0.1, -0.05) is 78.0 Å². The van der Waals surface area contributed by atoms with Crippen molar-refractivity contribution in [2.24, 2.45) is 7.05 Å². The first-order valence-corrected chi connectivity index (χ1v) is 11.3. The molecular formula is C24H20ClFN4OS. The van der Waals surface area contributed by atoms with Gasteiger partial charge in [-0.2, -0.15) is 0 Å². The van der Waals surface area contributed by atoms with Gasteiger partial charge in [0.05, 0.1) is 17.4 Å². The van der Waals surface area contributed by atoms with E-state index in [0.29, 0.717) is 21.6 Å². The molecule has 5 nitrogen and oxygen atoms in total. The van der Waals surface area contributed by atoms with Crippen LogP contribution in [0.15, 0.2) is 84.0 Å². The lowest BCUT2D eigenvalue weighted by molar-refractivity contribution is -0.119. The molecule has 0 bridgehead atoms. The van der Waals surface area contributed by atoms with E-state index < -0.39 is 0 Å². The molecule has 3 aromatic carbocycles. The van der Waals surface area contributed by atoms with Crippen LogP contribution in [0.2, 0.25) is 5.02 Å². The number of amides is 1. The maximum absolute atomic E-state index is 14.1. The molecule has 0 spiro atoms. The monoisotopic (exact) mass is 466 g/mol. The van der Waals surface area contributed by atoms with Crippen LogP contribution >= 0.6 is 23.4 Å². The van der Waals surface area contributed by atoms with E-state index in [1.807, 2.05) is 42.5 Å². The predicted octanol–water partition coefficient (Wildman–Crippen LogP) is 5.27. The Bertz CT molecular complexity index is 1210. The summed E-state index contributed by atoms with van der Waals surface area (Å²) in [6, 6.07) is 23.2. The highest BCUT2D eigenvalue weighted by Gasteiger charge is 2.19. The summed E-state index contributed by atoms with van der Waals surface area (Å²) in [5, 5.41) is 12.5. The number of hydrogen-bond acceptors (Lipinski definition) is 4. The number of carbonyl (C=O) groups excluding carboxylic acids is 1. The molecule has 1 unspecified atom stereocenters. The maximum Gasteiger partial charge on any atom is 0.231 e. The number of halogens is 2. The quantitative estimate of drug-likeness (QED) is 0.377. The molecule has 1 atom stereocenters. The minimum atomic E-state index is -0.369. The molecule has 8 heteroatoms. The van der Waals surface area contributed by atoms with Crippen molar-refractivity contribution < 1.29 is 9.18 Å². The Morgan fingerprint density at radius 3 is 2.38 bits per heavy atom. The number of carbonyl (C=O) groups is 1. The lowest BCUT2D eigenvalue weighted by Crippen LogP contribution is -2.30. The molecule has 0 saturated carbocycles. The van der Waals surface area contributed by atoms with Crippen molar-refractivity contribution in [1.82, 2.24) is 20.1 Å². The van der Waals surface area contributed by atoms with Gasteiger partial charge >= 0.3 is 0 Å². The van der Waals surface area contributed by atoms with Gasteiger partial charge in [-0.25, -0.2) is 4.39 Å². The van der Waals surface area contributed by atoms with Crippen molar-refractivity contribution in [1.29, 1.82) is 0 Å². The Morgan fingerprint density at radius 2 is 1.66 bits per heavy atom. The zero-order valence-corrected chi connectivity index (χ0v) is 18.8. The smallest absolute Gasteiger partial charge is 0.231 e. The van der Waals surface area contributed by atoms with E-state index in [4.69, 9.17) is 11.6 Å². The SMILES string of the molecule is Cn1c(SCC(=O)NC(c2ccccc2)c2ccc(Cl)cc2)nnc1-c1ccccc1F.